The number of hydrogen-bond donors (Lipinski definition) is 2. The number of hydrogen-bond acceptors (Lipinski definition) is 2. The summed E-state index contributed by atoms with van der Waals surface area (Å²) in [6, 6.07) is 0. The molecule has 1 fully saturated rings. The summed E-state index contributed by atoms with van der Waals surface area (Å²) >= 11 is 0. The third-order valence-corrected chi connectivity index (χ3v) is 3.45. The Bertz CT molecular complexity index is 326. The molecule has 0 radical (unpaired) electrons. The number of nitrogens with zero attached hydrogens (tertiary/aromatic N) is 1. The van der Waals surface area contributed by atoms with E-state index < -0.39 is 0 Å². The largest absolute Gasteiger partial charge is 0.331 e. The van der Waals surface area contributed by atoms with Crippen LogP contribution in [0, 0.1) is 5.41 Å². The zero-order valence-corrected chi connectivity index (χ0v) is 9.05. The first-order chi connectivity index (χ1) is 7.27. The molecule has 1 aliphatic rings. The fourth-order valence-electron chi connectivity index (χ4n) is 2.37. The number of carbonyl (C=O) groups is 1. The zero-order chi connectivity index (χ0) is 10.7. The van der Waals surface area contributed by atoms with Crippen molar-refractivity contribution in [3.05, 3.63) is 12.4 Å². The average molecular weight is 207 g/mol. The van der Waals surface area contributed by atoms with Crippen LogP contribution in [-0.4, -0.2) is 15.9 Å². The van der Waals surface area contributed by atoms with Gasteiger partial charge in [0.15, 0.2) is 0 Å². The first-order valence-electron chi connectivity index (χ1n) is 5.58. The van der Waals surface area contributed by atoms with Gasteiger partial charge in [-0.3, -0.25) is 10.1 Å². The quantitative estimate of drug-likeness (QED) is 0.799. The summed E-state index contributed by atoms with van der Waals surface area (Å²) in [5, 5.41) is 2.85. The summed E-state index contributed by atoms with van der Waals surface area (Å²) in [5.41, 5.74) is -0.146. The standard InChI is InChI=1S/C11H17N3O/c1-2-11(5-3-4-6-11)9(15)14-10-12-7-8-13-10/h7-8H,2-6H2,1H3,(H2,12,13,14,15). The van der Waals surface area contributed by atoms with E-state index in [2.05, 4.69) is 22.2 Å². The van der Waals surface area contributed by atoms with Gasteiger partial charge >= 0.3 is 0 Å². The van der Waals surface area contributed by atoms with Gasteiger partial charge in [0.2, 0.25) is 11.9 Å². The van der Waals surface area contributed by atoms with E-state index in [4.69, 9.17) is 0 Å². The predicted molar refractivity (Wildman–Crippen MR) is 58.4 cm³/mol. The SMILES string of the molecule is CCC1(C(=O)Nc2ncc[nH]2)CCCC1. The molecule has 0 bridgehead atoms. The maximum atomic E-state index is 12.1. The topological polar surface area (TPSA) is 57.8 Å². The second-order valence-electron chi connectivity index (χ2n) is 4.23. The molecule has 1 aromatic rings. The molecule has 0 spiro atoms. The maximum Gasteiger partial charge on any atom is 0.232 e. The Kier molecular flexibility index (Phi) is 2.75. The van der Waals surface area contributed by atoms with Gasteiger partial charge in [0.05, 0.1) is 0 Å². The van der Waals surface area contributed by atoms with Gasteiger partial charge in [-0.25, -0.2) is 4.98 Å². The monoisotopic (exact) mass is 207 g/mol. The molecule has 15 heavy (non-hydrogen) atoms. The molecule has 4 heteroatoms. The van der Waals surface area contributed by atoms with Crippen molar-refractivity contribution in [1.82, 2.24) is 9.97 Å². The van der Waals surface area contributed by atoms with Crippen molar-refractivity contribution in [2.45, 2.75) is 39.0 Å². The number of carbonyl (C=O) groups excluding carboxylic acids is 1. The number of nitrogens with one attached hydrogen (secondary N) is 2. The molecule has 4 nitrogen and oxygen atoms in total. The summed E-state index contributed by atoms with van der Waals surface area (Å²) < 4.78 is 0. The highest BCUT2D eigenvalue weighted by molar-refractivity contribution is 5.94. The van der Waals surface area contributed by atoms with Crippen LogP contribution in [0.15, 0.2) is 12.4 Å². The summed E-state index contributed by atoms with van der Waals surface area (Å²) in [7, 11) is 0. The number of amides is 1. The molecule has 0 unspecified atom stereocenters. The van der Waals surface area contributed by atoms with Crippen molar-refractivity contribution < 1.29 is 4.79 Å². The first-order valence-corrected chi connectivity index (χ1v) is 5.58. The van der Waals surface area contributed by atoms with Crippen LogP contribution < -0.4 is 5.32 Å². The van der Waals surface area contributed by atoms with Crippen LogP contribution in [0.1, 0.15) is 39.0 Å². The second kappa shape index (κ2) is 4.04. The van der Waals surface area contributed by atoms with Gasteiger partial charge in [0, 0.05) is 17.8 Å². The molecule has 82 valence electrons. The third-order valence-electron chi connectivity index (χ3n) is 3.45. The Morgan fingerprint density at radius 1 is 1.60 bits per heavy atom. The van der Waals surface area contributed by atoms with Gasteiger partial charge < -0.3 is 4.98 Å². The van der Waals surface area contributed by atoms with E-state index in [9.17, 15) is 4.79 Å². The Morgan fingerprint density at radius 3 is 2.87 bits per heavy atom. The van der Waals surface area contributed by atoms with Crippen molar-refractivity contribution in [3.63, 3.8) is 0 Å². The highest BCUT2D eigenvalue weighted by Crippen LogP contribution is 2.41. The summed E-state index contributed by atoms with van der Waals surface area (Å²) in [5.74, 6) is 0.678. The summed E-state index contributed by atoms with van der Waals surface area (Å²) in [6.45, 7) is 2.09. The van der Waals surface area contributed by atoms with E-state index in [1.807, 2.05) is 0 Å². The lowest BCUT2D eigenvalue weighted by Crippen LogP contribution is -2.33. The first kappa shape index (κ1) is 10.2. The van der Waals surface area contributed by atoms with Gasteiger partial charge in [-0.15, -0.1) is 0 Å². The van der Waals surface area contributed by atoms with Gasteiger partial charge in [0.25, 0.3) is 0 Å². The van der Waals surface area contributed by atoms with E-state index in [1.165, 1.54) is 12.8 Å². The minimum Gasteiger partial charge on any atom is -0.331 e. The van der Waals surface area contributed by atoms with Gasteiger partial charge in [-0.05, 0) is 19.3 Å². The average Bonchev–Trinajstić information content (AvgIpc) is 2.87. The molecule has 2 rings (SSSR count). The van der Waals surface area contributed by atoms with E-state index in [1.54, 1.807) is 12.4 Å². The number of rotatable bonds is 3. The van der Waals surface area contributed by atoms with Gasteiger partial charge in [0.1, 0.15) is 0 Å². The minimum atomic E-state index is -0.146. The van der Waals surface area contributed by atoms with Gasteiger partial charge in [-0.1, -0.05) is 19.8 Å². The fourth-order valence-corrected chi connectivity index (χ4v) is 2.37. The third kappa shape index (κ3) is 1.89. The van der Waals surface area contributed by atoms with Crippen molar-refractivity contribution in [3.8, 4) is 0 Å². The normalized spacial score (nSPS) is 19.0. The Hall–Kier alpha value is -1.32. The molecule has 1 amide bonds. The molecule has 0 aliphatic heterocycles. The van der Waals surface area contributed by atoms with Crippen molar-refractivity contribution in [1.29, 1.82) is 0 Å². The van der Waals surface area contributed by atoms with Crippen LogP contribution >= 0.6 is 0 Å². The summed E-state index contributed by atoms with van der Waals surface area (Å²) in [6.07, 6.45) is 8.62. The van der Waals surface area contributed by atoms with Crippen LogP contribution in [0.4, 0.5) is 5.95 Å². The smallest absolute Gasteiger partial charge is 0.232 e. The van der Waals surface area contributed by atoms with Crippen LogP contribution in [0.25, 0.3) is 0 Å². The lowest BCUT2D eigenvalue weighted by molar-refractivity contribution is -0.125. The van der Waals surface area contributed by atoms with Crippen LogP contribution in [0.5, 0.6) is 0 Å². The van der Waals surface area contributed by atoms with Crippen LogP contribution in [0.3, 0.4) is 0 Å². The Labute approximate surface area is 89.5 Å². The molecule has 0 saturated heterocycles. The summed E-state index contributed by atoms with van der Waals surface area (Å²) in [4.78, 5) is 19.0. The highest BCUT2D eigenvalue weighted by Gasteiger charge is 2.39. The second-order valence-corrected chi connectivity index (χ2v) is 4.23. The molecule has 1 aromatic heterocycles. The molecule has 1 aliphatic carbocycles. The molecule has 1 saturated carbocycles. The molecular formula is C11H17N3O. The van der Waals surface area contributed by atoms with Gasteiger partial charge in [-0.2, -0.15) is 0 Å². The van der Waals surface area contributed by atoms with Crippen molar-refractivity contribution in [2.24, 2.45) is 5.41 Å². The maximum absolute atomic E-state index is 12.1. The predicted octanol–water partition coefficient (Wildman–Crippen LogP) is 2.32. The number of H-pyrrole nitrogens is 1. The van der Waals surface area contributed by atoms with E-state index >= 15 is 0 Å². The van der Waals surface area contributed by atoms with E-state index in [0.29, 0.717) is 5.95 Å². The lowest BCUT2D eigenvalue weighted by atomic mass is 9.82. The molecule has 0 aromatic carbocycles. The molecular weight excluding hydrogens is 190 g/mol. The number of imidazole rings is 1. The minimum absolute atomic E-state index is 0.123. The van der Waals surface area contributed by atoms with Crippen LogP contribution in [-0.2, 0) is 4.79 Å². The number of aromatic amines is 1. The van der Waals surface area contributed by atoms with Crippen molar-refractivity contribution >= 4 is 11.9 Å². The highest BCUT2D eigenvalue weighted by atomic mass is 16.2. The lowest BCUT2D eigenvalue weighted by Gasteiger charge is -2.25. The molecule has 0 atom stereocenters. The fraction of sp³-hybridized carbons (Fsp3) is 0.636. The van der Waals surface area contributed by atoms with E-state index in [-0.39, 0.29) is 11.3 Å². The van der Waals surface area contributed by atoms with E-state index in [0.717, 1.165) is 19.3 Å². The molecule has 1 heterocycles. The number of anilines is 1. The zero-order valence-electron chi connectivity index (χ0n) is 9.05. The molecule has 2 N–H and O–H groups in total. The van der Waals surface area contributed by atoms with Crippen molar-refractivity contribution in [2.75, 3.05) is 5.32 Å². The number of aromatic nitrogens is 2. The van der Waals surface area contributed by atoms with Crippen LogP contribution in [0.2, 0.25) is 0 Å². The Morgan fingerprint density at radius 2 is 2.33 bits per heavy atom. The Balaban J connectivity index is 2.06.